The molecule has 0 saturated carbocycles. The first-order chi connectivity index (χ1) is 7.82. The molecule has 1 unspecified atom stereocenters. The Morgan fingerprint density at radius 2 is 1.82 bits per heavy atom. The van der Waals surface area contributed by atoms with Crippen molar-refractivity contribution >= 4 is 63.6 Å². The molecule has 1 atom stereocenters. The van der Waals surface area contributed by atoms with Crippen LogP contribution < -0.4 is 11.1 Å². The highest BCUT2D eigenvalue weighted by atomic mass is 35.5. The van der Waals surface area contributed by atoms with Crippen molar-refractivity contribution in [3.05, 3.63) is 27.2 Å². The molecule has 17 heavy (non-hydrogen) atoms. The van der Waals surface area contributed by atoms with Gasteiger partial charge in [0.1, 0.15) is 0 Å². The number of amides is 1. The van der Waals surface area contributed by atoms with E-state index in [0.717, 1.165) is 0 Å². The van der Waals surface area contributed by atoms with E-state index in [1.54, 1.807) is 6.92 Å². The van der Waals surface area contributed by atoms with E-state index in [1.807, 2.05) is 0 Å². The molecule has 0 saturated heterocycles. The van der Waals surface area contributed by atoms with Gasteiger partial charge in [-0.25, -0.2) is 0 Å². The molecule has 1 amide bonds. The van der Waals surface area contributed by atoms with Crippen molar-refractivity contribution in [1.29, 1.82) is 0 Å². The molecule has 0 heterocycles. The van der Waals surface area contributed by atoms with Gasteiger partial charge < -0.3 is 11.1 Å². The highest BCUT2D eigenvalue weighted by Crippen LogP contribution is 2.32. The van der Waals surface area contributed by atoms with Gasteiger partial charge in [0.2, 0.25) is 5.91 Å². The van der Waals surface area contributed by atoms with E-state index in [2.05, 4.69) is 5.32 Å². The first-order valence-electron chi connectivity index (χ1n) is 4.57. The molecule has 0 fully saturated rings. The van der Waals surface area contributed by atoms with Gasteiger partial charge in [0.05, 0.1) is 31.7 Å². The number of hydrogen-bond acceptors (Lipinski definition) is 2. The third-order valence-corrected chi connectivity index (χ3v) is 3.48. The molecule has 1 rings (SSSR count). The summed E-state index contributed by atoms with van der Waals surface area (Å²) < 4.78 is 0. The normalized spacial score (nSPS) is 12.0. The predicted octanol–water partition coefficient (Wildman–Crippen LogP) is 3.51. The lowest BCUT2D eigenvalue weighted by molar-refractivity contribution is -0.117. The second-order valence-electron chi connectivity index (χ2n) is 3.36. The van der Waals surface area contributed by atoms with Gasteiger partial charge in [-0.05, 0) is 19.1 Å². The molecule has 3 N–H and O–H groups in total. The maximum atomic E-state index is 11.7. The standard InChI is InChI=1S/C10H9Cl3N2OS/c1-4(9(14)17)10(16)15-8-3-6(12)5(11)2-7(8)13/h2-4H,1H3,(H2,14,17)(H,15,16). The van der Waals surface area contributed by atoms with Crippen LogP contribution in [0.5, 0.6) is 0 Å². The van der Waals surface area contributed by atoms with Crippen molar-refractivity contribution in [2.75, 3.05) is 5.32 Å². The van der Waals surface area contributed by atoms with Gasteiger partial charge in [-0.3, -0.25) is 4.79 Å². The van der Waals surface area contributed by atoms with Crippen LogP contribution in [-0.2, 0) is 4.79 Å². The van der Waals surface area contributed by atoms with E-state index < -0.39 is 5.92 Å². The summed E-state index contributed by atoms with van der Waals surface area (Å²) in [6.45, 7) is 1.60. The summed E-state index contributed by atoms with van der Waals surface area (Å²) in [5, 5.41) is 3.49. The molecule has 7 heteroatoms. The Morgan fingerprint density at radius 1 is 1.29 bits per heavy atom. The molecule has 0 spiro atoms. The summed E-state index contributed by atoms with van der Waals surface area (Å²) in [5.74, 6) is -0.937. The first-order valence-corrected chi connectivity index (χ1v) is 6.12. The number of carbonyl (C=O) groups excluding carboxylic acids is 1. The molecule has 3 nitrogen and oxygen atoms in total. The maximum absolute atomic E-state index is 11.7. The van der Waals surface area contributed by atoms with Crippen LogP contribution in [-0.4, -0.2) is 10.9 Å². The third-order valence-electron chi connectivity index (χ3n) is 2.09. The molecular formula is C10H9Cl3N2OS. The number of carbonyl (C=O) groups is 1. The fourth-order valence-electron chi connectivity index (χ4n) is 0.989. The number of nitrogens with one attached hydrogen (secondary N) is 1. The zero-order valence-corrected chi connectivity index (χ0v) is 11.8. The third kappa shape index (κ3) is 3.71. The van der Waals surface area contributed by atoms with Crippen molar-refractivity contribution in [3.63, 3.8) is 0 Å². The fraction of sp³-hybridized carbons (Fsp3) is 0.200. The Labute approximate surface area is 119 Å². The van der Waals surface area contributed by atoms with Gasteiger partial charge in [-0.15, -0.1) is 0 Å². The van der Waals surface area contributed by atoms with Crippen molar-refractivity contribution in [3.8, 4) is 0 Å². The van der Waals surface area contributed by atoms with Crippen LogP contribution in [0.3, 0.4) is 0 Å². The second-order valence-corrected chi connectivity index (χ2v) is 5.05. The van der Waals surface area contributed by atoms with E-state index in [4.69, 9.17) is 52.8 Å². The minimum Gasteiger partial charge on any atom is -0.393 e. The van der Waals surface area contributed by atoms with Crippen LogP contribution in [0.25, 0.3) is 0 Å². The van der Waals surface area contributed by atoms with Crippen molar-refractivity contribution in [2.24, 2.45) is 11.7 Å². The van der Waals surface area contributed by atoms with E-state index in [0.29, 0.717) is 20.8 Å². The molecular weight excluding hydrogens is 303 g/mol. The molecule has 1 aromatic rings. The van der Waals surface area contributed by atoms with Gasteiger partial charge in [0, 0.05) is 0 Å². The molecule has 0 bridgehead atoms. The van der Waals surface area contributed by atoms with Crippen LogP contribution in [0.2, 0.25) is 15.1 Å². The molecule has 0 aliphatic carbocycles. The number of nitrogens with two attached hydrogens (primary N) is 1. The number of thiocarbonyl (C=S) groups is 1. The minimum absolute atomic E-state index is 0.110. The highest BCUT2D eigenvalue weighted by Gasteiger charge is 2.17. The quantitative estimate of drug-likeness (QED) is 0.663. The number of anilines is 1. The van der Waals surface area contributed by atoms with E-state index in [1.165, 1.54) is 12.1 Å². The fourth-order valence-corrected chi connectivity index (χ4v) is 1.69. The topological polar surface area (TPSA) is 55.1 Å². The second kappa shape index (κ2) is 5.87. The van der Waals surface area contributed by atoms with Crippen LogP contribution in [0.15, 0.2) is 12.1 Å². The summed E-state index contributed by atoms with van der Waals surface area (Å²) in [7, 11) is 0. The zero-order valence-electron chi connectivity index (χ0n) is 8.76. The number of rotatable bonds is 3. The van der Waals surface area contributed by atoms with Crippen LogP contribution >= 0.6 is 47.0 Å². The van der Waals surface area contributed by atoms with Gasteiger partial charge in [-0.2, -0.15) is 0 Å². The Balaban J connectivity index is 2.93. The smallest absolute Gasteiger partial charge is 0.234 e. The molecule has 0 aliphatic rings. The average molecular weight is 312 g/mol. The van der Waals surface area contributed by atoms with E-state index >= 15 is 0 Å². The lowest BCUT2D eigenvalue weighted by Gasteiger charge is -2.12. The number of hydrogen-bond donors (Lipinski definition) is 2. The van der Waals surface area contributed by atoms with E-state index in [9.17, 15) is 4.79 Å². The van der Waals surface area contributed by atoms with Crippen LogP contribution in [0.4, 0.5) is 5.69 Å². The maximum Gasteiger partial charge on any atom is 0.234 e. The average Bonchev–Trinajstić information content (AvgIpc) is 2.24. The summed E-state index contributed by atoms with van der Waals surface area (Å²) in [5.41, 5.74) is 5.74. The first kappa shape index (κ1) is 14.5. The zero-order chi connectivity index (χ0) is 13.2. The summed E-state index contributed by atoms with van der Waals surface area (Å²) in [6.07, 6.45) is 0. The Kier molecular flexibility index (Phi) is 5.01. The van der Waals surface area contributed by atoms with Crippen LogP contribution in [0.1, 0.15) is 6.92 Å². The summed E-state index contributed by atoms with van der Waals surface area (Å²) in [4.78, 5) is 11.8. The molecule has 0 radical (unpaired) electrons. The Hall–Kier alpha value is -0.550. The number of benzene rings is 1. The van der Waals surface area contributed by atoms with Crippen molar-refractivity contribution < 1.29 is 4.79 Å². The molecule has 1 aromatic carbocycles. The van der Waals surface area contributed by atoms with Crippen molar-refractivity contribution in [2.45, 2.75) is 6.92 Å². The predicted molar refractivity (Wildman–Crippen MR) is 76.1 cm³/mol. The van der Waals surface area contributed by atoms with Gasteiger partial charge >= 0.3 is 0 Å². The van der Waals surface area contributed by atoms with Gasteiger partial charge in [0.25, 0.3) is 0 Å². The largest absolute Gasteiger partial charge is 0.393 e. The summed E-state index contributed by atoms with van der Waals surface area (Å²) >= 11 is 22.2. The Bertz CT molecular complexity index is 479. The highest BCUT2D eigenvalue weighted by molar-refractivity contribution is 7.80. The monoisotopic (exact) mass is 310 g/mol. The number of halogens is 3. The lowest BCUT2D eigenvalue weighted by Crippen LogP contribution is -2.30. The minimum atomic E-state index is -0.587. The van der Waals surface area contributed by atoms with Crippen molar-refractivity contribution in [1.82, 2.24) is 0 Å². The lowest BCUT2D eigenvalue weighted by atomic mass is 10.1. The summed E-state index contributed by atoms with van der Waals surface area (Å²) in [6, 6.07) is 2.92. The van der Waals surface area contributed by atoms with Crippen LogP contribution in [0, 0.1) is 5.92 Å². The SMILES string of the molecule is CC(C(=O)Nc1cc(Cl)c(Cl)cc1Cl)C(N)=S. The Morgan fingerprint density at radius 3 is 2.35 bits per heavy atom. The molecule has 0 aromatic heterocycles. The van der Waals surface area contributed by atoms with Gasteiger partial charge in [-0.1, -0.05) is 47.0 Å². The molecule has 92 valence electrons. The van der Waals surface area contributed by atoms with Gasteiger partial charge in [0.15, 0.2) is 0 Å². The molecule has 0 aliphatic heterocycles. The van der Waals surface area contributed by atoms with E-state index in [-0.39, 0.29) is 10.9 Å².